The van der Waals surface area contributed by atoms with E-state index in [0.717, 1.165) is 12.1 Å². The van der Waals surface area contributed by atoms with Gasteiger partial charge in [-0.05, 0) is 37.1 Å². The first-order valence-corrected chi connectivity index (χ1v) is 7.33. The van der Waals surface area contributed by atoms with Gasteiger partial charge in [0.05, 0.1) is 0 Å². The van der Waals surface area contributed by atoms with Gasteiger partial charge >= 0.3 is 0 Å². The molecule has 1 aliphatic rings. The molecule has 0 spiro atoms. The fourth-order valence-electron chi connectivity index (χ4n) is 2.67. The van der Waals surface area contributed by atoms with E-state index in [9.17, 15) is 9.59 Å². The maximum atomic E-state index is 12.5. The molecule has 1 aliphatic heterocycles. The van der Waals surface area contributed by atoms with E-state index < -0.39 is 6.04 Å². The van der Waals surface area contributed by atoms with Crippen molar-refractivity contribution < 1.29 is 9.59 Å². The van der Waals surface area contributed by atoms with Gasteiger partial charge in [-0.15, -0.1) is 0 Å². The highest BCUT2D eigenvalue weighted by molar-refractivity contribution is 6.00. The van der Waals surface area contributed by atoms with Gasteiger partial charge in [0, 0.05) is 18.4 Å². The number of para-hydroxylation sites is 1. The molecule has 0 aliphatic carbocycles. The van der Waals surface area contributed by atoms with Gasteiger partial charge < -0.3 is 10.2 Å². The number of hydrogen-bond donors (Lipinski definition) is 1. The number of aromatic nitrogens is 1. The molecule has 112 valence electrons. The average molecular weight is 295 g/mol. The second kappa shape index (κ2) is 6.39. The molecule has 5 nitrogen and oxygen atoms in total. The number of carbonyl (C=O) groups excluding carboxylic acids is 2. The molecule has 1 fully saturated rings. The molecule has 2 heterocycles. The Morgan fingerprint density at radius 1 is 1.09 bits per heavy atom. The molecule has 1 unspecified atom stereocenters. The van der Waals surface area contributed by atoms with Crippen LogP contribution in [-0.4, -0.2) is 34.3 Å². The van der Waals surface area contributed by atoms with Crippen LogP contribution in [0.15, 0.2) is 54.7 Å². The maximum Gasteiger partial charge on any atom is 0.273 e. The zero-order chi connectivity index (χ0) is 15.4. The van der Waals surface area contributed by atoms with E-state index in [2.05, 4.69) is 10.3 Å². The summed E-state index contributed by atoms with van der Waals surface area (Å²) < 4.78 is 0. The van der Waals surface area contributed by atoms with Crippen molar-refractivity contribution in [2.24, 2.45) is 0 Å². The standard InChI is InChI=1S/C17H17N3O2/c21-16(19-13-7-2-1-3-8-13)15-10-6-12-20(15)17(22)14-9-4-5-11-18-14/h1-5,7-9,11,15H,6,10,12H2,(H,19,21). The SMILES string of the molecule is O=C(Nc1ccccc1)C1CCCN1C(=O)c1ccccn1. The third-order valence-electron chi connectivity index (χ3n) is 3.74. The van der Waals surface area contributed by atoms with Crippen LogP contribution in [0.3, 0.4) is 0 Å². The molecular weight excluding hydrogens is 278 g/mol. The Kier molecular flexibility index (Phi) is 4.14. The molecule has 22 heavy (non-hydrogen) atoms. The van der Waals surface area contributed by atoms with Crippen LogP contribution in [0.25, 0.3) is 0 Å². The monoisotopic (exact) mass is 295 g/mol. The van der Waals surface area contributed by atoms with E-state index in [-0.39, 0.29) is 11.8 Å². The zero-order valence-electron chi connectivity index (χ0n) is 12.1. The normalized spacial score (nSPS) is 17.3. The molecule has 1 aromatic carbocycles. The first-order chi connectivity index (χ1) is 10.8. The summed E-state index contributed by atoms with van der Waals surface area (Å²) in [6.45, 7) is 0.586. The highest BCUT2D eigenvalue weighted by Gasteiger charge is 2.34. The molecule has 1 atom stereocenters. The van der Waals surface area contributed by atoms with E-state index in [1.807, 2.05) is 30.3 Å². The van der Waals surface area contributed by atoms with Gasteiger partial charge in [-0.25, -0.2) is 0 Å². The summed E-state index contributed by atoms with van der Waals surface area (Å²) in [5.41, 5.74) is 1.12. The Bertz CT molecular complexity index is 658. The minimum absolute atomic E-state index is 0.145. The molecule has 2 aromatic rings. The smallest absolute Gasteiger partial charge is 0.273 e. The lowest BCUT2D eigenvalue weighted by Crippen LogP contribution is -2.43. The van der Waals surface area contributed by atoms with Gasteiger partial charge in [-0.2, -0.15) is 0 Å². The lowest BCUT2D eigenvalue weighted by molar-refractivity contribution is -0.119. The lowest BCUT2D eigenvalue weighted by atomic mass is 10.2. The Hall–Kier alpha value is -2.69. The van der Waals surface area contributed by atoms with Crippen molar-refractivity contribution in [3.8, 4) is 0 Å². The van der Waals surface area contributed by atoms with Crippen molar-refractivity contribution in [3.63, 3.8) is 0 Å². The van der Waals surface area contributed by atoms with E-state index in [1.54, 1.807) is 29.3 Å². The topological polar surface area (TPSA) is 62.3 Å². The van der Waals surface area contributed by atoms with Gasteiger partial charge in [-0.1, -0.05) is 24.3 Å². The summed E-state index contributed by atoms with van der Waals surface area (Å²) in [4.78, 5) is 30.6. The van der Waals surface area contributed by atoms with Crippen LogP contribution < -0.4 is 5.32 Å². The van der Waals surface area contributed by atoms with Crippen LogP contribution in [-0.2, 0) is 4.79 Å². The third kappa shape index (κ3) is 2.98. The molecule has 1 saturated heterocycles. The average Bonchev–Trinajstić information content (AvgIpc) is 3.05. The number of nitrogens with one attached hydrogen (secondary N) is 1. The largest absolute Gasteiger partial charge is 0.325 e. The number of carbonyl (C=O) groups is 2. The number of pyridine rings is 1. The Balaban J connectivity index is 1.73. The van der Waals surface area contributed by atoms with Crippen LogP contribution in [0.5, 0.6) is 0 Å². The summed E-state index contributed by atoms with van der Waals surface area (Å²) >= 11 is 0. The van der Waals surface area contributed by atoms with E-state index in [1.165, 1.54) is 0 Å². The summed E-state index contributed by atoms with van der Waals surface area (Å²) in [7, 11) is 0. The fourth-order valence-corrected chi connectivity index (χ4v) is 2.67. The van der Waals surface area contributed by atoms with Gasteiger partial charge in [-0.3, -0.25) is 14.6 Å². The number of nitrogens with zero attached hydrogens (tertiary/aromatic N) is 2. The molecule has 5 heteroatoms. The third-order valence-corrected chi connectivity index (χ3v) is 3.74. The van der Waals surface area contributed by atoms with E-state index in [0.29, 0.717) is 18.7 Å². The second-order valence-corrected chi connectivity index (χ2v) is 5.23. The first kappa shape index (κ1) is 14.3. The molecule has 0 bridgehead atoms. The molecular formula is C17H17N3O2. The highest BCUT2D eigenvalue weighted by Crippen LogP contribution is 2.21. The second-order valence-electron chi connectivity index (χ2n) is 5.23. The van der Waals surface area contributed by atoms with Crippen molar-refractivity contribution in [2.75, 3.05) is 11.9 Å². The number of rotatable bonds is 3. The number of amides is 2. The molecule has 0 saturated carbocycles. The van der Waals surface area contributed by atoms with Crippen LogP contribution in [0.1, 0.15) is 23.3 Å². The molecule has 2 amide bonds. The number of anilines is 1. The van der Waals surface area contributed by atoms with Gasteiger partial charge in [0.25, 0.3) is 5.91 Å². The quantitative estimate of drug-likeness (QED) is 0.945. The highest BCUT2D eigenvalue weighted by atomic mass is 16.2. The zero-order valence-corrected chi connectivity index (χ0v) is 12.1. The van der Waals surface area contributed by atoms with Crippen LogP contribution in [0, 0.1) is 0 Å². The molecule has 1 aromatic heterocycles. The molecule has 1 N–H and O–H groups in total. The van der Waals surface area contributed by atoms with Gasteiger partial charge in [0.2, 0.25) is 5.91 Å². The fraction of sp³-hybridized carbons (Fsp3) is 0.235. The summed E-state index contributed by atoms with van der Waals surface area (Å²) in [6, 6.07) is 14.1. The van der Waals surface area contributed by atoms with E-state index in [4.69, 9.17) is 0 Å². The number of benzene rings is 1. The van der Waals surface area contributed by atoms with Crippen molar-refractivity contribution in [2.45, 2.75) is 18.9 Å². The van der Waals surface area contributed by atoms with E-state index >= 15 is 0 Å². The predicted molar refractivity (Wildman–Crippen MR) is 83.4 cm³/mol. The van der Waals surface area contributed by atoms with Crippen LogP contribution in [0.2, 0.25) is 0 Å². The lowest BCUT2D eigenvalue weighted by Gasteiger charge is -2.23. The minimum Gasteiger partial charge on any atom is -0.325 e. The molecule has 3 rings (SSSR count). The summed E-state index contributed by atoms with van der Waals surface area (Å²) in [6.07, 6.45) is 3.09. The molecule has 0 radical (unpaired) electrons. The first-order valence-electron chi connectivity index (χ1n) is 7.33. The number of hydrogen-bond acceptors (Lipinski definition) is 3. The Morgan fingerprint density at radius 3 is 2.59 bits per heavy atom. The van der Waals surface area contributed by atoms with Crippen LogP contribution >= 0.6 is 0 Å². The van der Waals surface area contributed by atoms with Crippen molar-refractivity contribution in [1.29, 1.82) is 0 Å². The number of likely N-dealkylation sites (tertiary alicyclic amines) is 1. The Labute approximate surface area is 129 Å². The van der Waals surface area contributed by atoms with Crippen LogP contribution in [0.4, 0.5) is 5.69 Å². The van der Waals surface area contributed by atoms with Gasteiger partial charge in [0.15, 0.2) is 0 Å². The maximum absolute atomic E-state index is 12.5. The Morgan fingerprint density at radius 2 is 1.86 bits per heavy atom. The summed E-state index contributed by atoms with van der Waals surface area (Å²) in [5.74, 6) is -0.334. The van der Waals surface area contributed by atoms with Gasteiger partial charge in [0.1, 0.15) is 11.7 Å². The predicted octanol–water partition coefficient (Wildman–Crippen LogP) is 2.32. The minimum atomic E-state index is -0.435. The summed E-state index contributed by atoms with van der Waals surface area (Å²) in [5, 5.41) is 2.87. The van der Waals surface area contributed by atoms with Crippen molar-refractivity contribution in [3.05, 3.63) is 60.4 Å². The van der Waals surface area contributed by atoms with Crippen molar-refractivity contribution in [1.82, 2.24) is 9.88 Å². The van der Waals surface area contributed by atoms with Crippen molar-refractivity contribution >= 4 is 17.5 Å².